The second-order valence-electron chi connectivity index (χ2n) is 8.73. The first-order valence-electron chi connectivity index (χ1n) is 11.2. The third kappa shape index (κ3) is 3.90. The first-order chi connectivity index (χ1) is 15.6. The fourth-order valence-corrected chi connectivity index (χ4v) is 4.84. The van der Waals surface area contributed by atoms with Gasteiger partial charge in [-0.05, 0) is 55.9 Å². The smallest absolute Gasteiger partial charge is 0.261 e. The molecule has 1 saturated carbocycles. The van der Waals surface area contributed by atoms with Gasteiger partial charge in [0.1, 0.15) is 12.4 Å². The molecule has 0 atom stereocenters. The van der Waals surface area contributed by atoms with E-state index in [1.54, 1.807) is 18.2 Å². The minimum atomic E-state index is -0.186. The number of hydrogen-bond acceptors (Lipinski definition) is 4. The quantitative estimate of drug-likeness (QED) is 0.527. The molecular formula is C25H27N5O2. The summed E-state index contributed by atoms with van der Waals surface area (Å²) < 4.78 is 3.59. The van der Waals surface area contributed by atoms with Crippen LogP contribution in [0.15, 0.2) is 59.7 Å². The molecule has 2 aromatic carbocycles. The minimum absolute atomic E-state index is 0.00806. The standard InChI is InChI=1S/C25H27N5O2/c1-29-22-9-5-4-8-21(22)28-24(29)18-12-10-17(11-13-18)14-26-23(31)15-30-16-27-20-7-3-2-6-19(20)25(30)32/h2-9,16-18H,10-15H2,1H3,(H,26,31). The van der Waals surface area contributed by atoms with Gasteiger partial charge in [0.15, 0.2) is 0 Å². The van der Waals surface area contributed by atoms with E-state index in [0.717, 1.165) is 37.0 Å². The average molecular weight is 430 g/mol. The molecule has 2 heterocycles. The maximum absolute atomic E-state index is 12.6. The molecule has 4 aromatic rings. The van der Waals surface area contributed by atoms with Crippen LogP contribution in [-0.2, 0) is 18.4 Å². The van der Waals surface area contributed by atoms with Crippen molar-refractivity contribution in [2.24, 2.45) is 13.0 Å². The Labute approximate surface area is 186 Å². The number of nitrogens with one attached hydrogen (secondary N) is 1. The topological polar surface area (TPSA) is 81.8 Å². The Hall–Kier alpha value is -3.48. The molecule has 0 spiro atoms. The number of amides is 1. The summed E-state index contributed by atoms with van der Waals surface area (Å²) in [5.74, 6) is 1.93. The van der Waals surface area contributed by atoms with Crippen LogP contribution in [0.3, 0.4) is 0 Å². The van der Waals surface area contributed by atoms with E-state index in [1.165, 1.54) is 16.4 Å². The Bertz CT molecular complexity index is 1330. The van der Waals surface area contributed by atoms with Gasteiger partial charge in [-0.25, -0.2) is 9.97 Å². The zero-order valence-corrected chi connectivity index (χ0v) is 18.2. The van der Waals surface area contributed by atoms with Crippen molar-refractivity contribution in [3.8, 4) is 0 Å². The van der Waals surface area contributed by atoms with Crippen LogP contribution in [0.5, 0.6) is 0 Å². The molecule has 5 rings (SSSR count). The summed E-state index contributed by atoms with van der Waals surface area (Å²) in [6.45, 7) is 0.635. The highest BCUT2D eigenvalue weighted by Gasteiger charge is 2.26. The Kier molecular flexibility index (Phi) is 5.47. The van der Waals surface area contributed by atoms with Gasteiger partial charge in [-0.2, -0.15) is 0 Å². The highest BCUT2D eigenvalue weighted by Crippen LogP contribution is 2.36. The lowest BCUT2D eigenvalue weighted by molar-refractivity contribution is -0.121. The van der Waals surface area contributed by atoms with Crippen LogP contribution in [0.4, 0.5) is 0 Å². The summed E-state index contributed by atoms with van der Waals surface area (Å²) >= 11 is 0. The number of imidazole rings is 1. The molecule has 0 saturated heterocycles. The number of hydrogen-bond donors (Lipinski definition) is 1. The van der Waals surface area contributed by atoms with Crippen molar-refractivity contribution < 1.29 is 4.79 Å². The van der Waals surface area contributed by atoms with Crippen molar-refractivity contribution in [2.45, 2.75) is 38.1 Å². The highest BCUT2D eigenvalue weighted by atomic mass is 16.2. The third-order valence-corrected chi connectivity index (χ3v) is 6.67. The molecule has 32 heavy (non-hydrogen) atoms. The van der Waals surface area contributed by atoms with Crippen LogP contribution in [0.25, 0.3) is 21.9 Å². The highest BCUT2D eigenvalue weighted by molar-refractivity contribution is 5.79. The maximum Gasteiger partial charge on any atom is 0.261 e. The normalized spacial score (nSPS) is 18.8. The predicted molar refractivity (Wildman–Crippen MR) is 124 cm³/mol. The number of fused-ring (bicyclic) bond motifs is 2. The first-order valence-corrected chi connectivity index (χ1v) is 11.2. The van der Waals surface area contributed by atoms with E-state index in [2.05, 4.69) is 40.1 Å². The van der Waals surface area contributed by atoms with Gasteiger partial charge in [0, 0.05) is 19.5 Å². The molecular weight excluding hydrogens is 402 g/mol. The summed E-state index contributed by atoms with van der Waals surface area (Å²) in [4.78, 5) is 34.2. The zero-order valence-electron chi connectivity index (χ0n) is 18.2. The molecule has 7 heteroatoms. The molecule has 1 aliphatic carbocycles. The molecule has 0 radical (unpaired) electrons. The molecule has 164 valence electrons. The van der Waals surface area contributed by atoms with E-state index >= 15 is 0 Å². The fourth-order valence-electron chi connectivity index (χ4n) is 4.84. The predicted octanol–water partition coefficient (Wildman–Crippen LogP) is 3.37. The average Bonchev–Trinajstić information content (AvgIpc) is 3.17. The van der Waals surface area contributed by atoms with Crippen LogP contribution in [-0.4, -0.2) is 31.6 Å². The van der Waals surface area contributed by atoms with E-state index in [4.69, 9.17) is 4.98 Å². The molecule has 7 nitrogen and oxygen atoms in total. The van der Waals surface area contributed by atoms with Gasteiger partial charge in [0.25, 0.3) is 5.56 Å². The Morgan fingerprint density at radius 2 is 1.75 bits per heavy atom. The molecule has 1 aliphatic rings. The molecule has 1 amide bonds. The Balaban J connectivity index is 1.16. The number of rotatable bonds is 5. The largest absolute Gasteiger partial charge is 0.354 e. The van der Waals surface area contributed by atoms with Gasteiger partial charge in [0.2, 0.25) is 5.91 Å². The summed E-state index contributed by atoms with van der Waals surface area (Å²) in [5, 5.41) is 3.55. The number of benzene rings is 2. The lowest BCUT2D eigenvalue weighted by atomic mass is 9.81. The molecule has 0 unspecified atom stereocenters. The molecule has 1 fully saturated rings. The number of carbonyl (C=O) groups excluding carboxylic acids is 1. The second-order valence-corrected chi connectivity index (χ2v) is 8.73. The summed E-state index contributed by atoms with van der Waals surface area (Å²) in [7, 11) is 2.10. The van der Waals surface area contributed by atoms with Gasteiger partial charge in [-0.15, -0.1) is 0 Å². The van der Waals surface area contributed by atoms with E-state index in [1.807, 2.05) is 12.1 Å². The minimum Gasteiger partial charge on any atom is -0.354 e. The van der Waals surface area contributed by atoms with E-state index in [9.17, 15) is 9.59 Å². The number of aromatic nitrogens is 4. The van der Waals surface area contributed by atoms with Crippen molar-refractivity contribution >= 4 is 27.8 Å². The summed E-state index contributed by atoms with van der Waals surface area (Å²) in [6.07, 6.45) is 5.72. The van der Waals surface area contributed by atoms with Gasteiger partial charge in [-0.1, -0.05) is 24.3 Å². The van der Waals surface area contributed by atoms with Crippen molar-refractivity contribution in [1.29, 1.82) is 0 Å². The van der Waals surface area contributed by atoms with E-state index < -0.39 is 0 Å². The lowest BCUT2D eigenvalue weighted by Gasteiger charge is -2.28. The fraction of sp³-hybridized carbons (Fsp3) is 0.360. The van der Waals surface area contributed by atoms with Gasteiger partial charge in [-0.3, -0.25) is 14.2 Å². The van der Waals surface area contributed by atoms with Crippen LogP contribution >= 0.6 is 0 Å². The van der Waals surface area contributed by atoms with Gasteiger partial charge < -0.3 is 9.88 Å². The van der Waals surface area contributed by atoms with Gasteiger partial charge >= 0.3 is 0 Å². The third-order valence-electron chi connectivity index (χ3n) is 6.67. The Morgan fingerprint density at radius 1 is 1.03 bits per heavy atom. The maximum atomic E-state index is 12.6. The second kappa shape index (κ2) is 8.57. The first kappa shape index (κ1) is 20.4. The van der Waals surface area contributed by atoms with Crippen LogP contribution < -0.4 is 10.9 Å². The number of carbonyl (C=O) groups is 1. The Morgan fingerprint density at radius 3 is 2.53 bits per heavy atom. The molecule has 1 N–H and O–H groups in total. The number of para-hydroxylation sites is 3. The van der Waals surface area contributed by atoms with Crippen LogP contribution in [0, 0.1) is 5.92 Å². The van der Waals surface area contributed by atoms with E-state index in [-0.39, 0.29) is 18.0 Å². The monoisotopic (exact) mass is 429 g/mol. The lowest BCUT2D eigenvalue weighted by Crippen LogP contribution is -2.36. The number of aryl methyl sites for hydroxylation is 1. The summed E-state index contributed by atoms with van der Waals surface area (Å²) in [6, 6.07) is 15.4. The SMILES string of the molecule is Cn1c(C2CCC(CNC(=O)Cn3cnc4ccccc4c3=O)CC2)nc2ccccc21. The van der Waals surface area contributed by atoms with Gasteiger partial charge in [0.05, 0.1) is 28.3 Å². The molecule has 0 aliphatic heterocycles. The summed E-state index contributed by atoms with van der Waals surface area (Å²) in [5.41, 5.74) is 2.69. The van der Waals surface area contributed by atoms with Crippen LogP contribution in [0.2, 0.25) is 0 Å². The molecule has 0 bridgehead atoms. The van der Waals surface area contributed by atoms with Crippen molar-refractivity contribution in [1.82, 2.24) is 24.4 Å². The van der Waals surface area contributed by atoms with Crippen molar-refractivity contribution in [2.75, 3.05) is 6.54 Å². The van der Waals surface area contributed by atoms with Crippen molar-refractivity contribution in [3.05, 3.63) is 71.0 Å². The number of nitrogens with zero attached hydrogens (tertiary/aromatic N) is 4. The van der Waals surface area contributed by atoms with Crippen LogP contribution in [0.1, 0.15) is 37.4 Å². The molecule has 2 aromatic heterocycles. The zero-order chi connectivity index (χ0) is 22.1. The van der Waals surface area contributed by atoms with E-state index in [0.29, 0.717) is 29.3 Å². The van der Waals surface area contributed by atoms with Crippen molar-refractivity contribution in [3.63, 3.8) is 0 Å².